The molecule has 1 amide bonds. The number of halogens is 3. The van der Waals surface area contributed by atoms with Crippen molar-refractivity contribution in [3.63, 3.8) is 0 Å². The van der Waals surface area contributed by atoms with Crippen molar-refractivity contribution in [3.8, 4) is 5.69 Å². The molecule has 3 aromatic rings. The smallest absolute Gasteiger partial charge is 0.274 e. The summed E-state index contributed by atoms with van der Waals surface area (Å²) in [6, 6.07) is 8.14. The van der Waals surface area contributed by atoms with Crippen LogP contribution in [0.3, 0.4) is 0 Å². The van der Waals surface area contributed by atoms with Gasteiger partial charge in [-0.15, -0.1) is 0 Å². The lowest BCUT2D eigenvalue weighted by Gasteiger charge is -2.13. The van der Waals surface area contributed by atoms with Crippen LogP contribution >= 0.6 is 11.6 Å². The van der Waals surface area contributed by atoms with Crippen molar-refractivity contribution in [1.29, 1.82) is 0 Å². The van der Waals surface area contributed by atoms with Gasteiger partial charge in [-0.3, -0.25) is 9.63 Å². The second-order valence-corrected chi connectivity index (χ2v) is 6.18. The Balaban J connectivity index is 1.91. The van der Waals surface area contributed by atoms with E-state index in [9.17, 15) is 13.6 Å². The maximum absolute atomic E-state index is 14.3. The fraction of sp³-hybridized carbons (Fsp3) is 0.0556. The number of aromatic nitrogens is 2. The first-order valence-electron chi connectivity index (χ1n) is 8.01. The maximum atomic E-state index is 14.3. The van der Waals surface area contributed by atoms with Gasteiger partial charge in [0.1, 0.15) is 22.5 Å². The summed E-state index contributed by atoms with van der Waals surface area (Å²) in [5.41, 5.74) is 3.01. The van der Waals surface area contributed by atoms with E-state index in [-0.39, 0.29) is 27.8 Å². The molecule has 2 N–H and O–H groups in total. The lowest BCUT2D eigenvalue weighted by atomic mass is 10.1. The molecule has 0 saturated carbocycles. The molecule has 4 rings (SSSR count). The number of carbonyl (C=O) groups excluding carboxylic acids is 1. The van der Waals surface area contributed by atoms with Gasteiger partial charge >= 0.3 is 0 Å². The molecule has 0 unspecified atom stereocenters. The summed E-state index contributed by atoms with van der Waals surface area (Å²) in [5.74, 6) is -1.96. The van der Waals surface area contributed by atoms with Crippen LogP contribution in [-0.2, 0) is 4.84 Å². The van der Waals surface area contributed by atoms with E-state index < -0.39 is 17.5 Å². The van der Waals surface area contributed by atoms with Gasteiger partial charge in [-0.05, 0) is 30.3 Å². The number of carbonyl (C=O) groups is 1. The van der Waals surface area contributed by atoms with E-state index in [0.29, 0.717) is 11.4 Å². The lowest BCUT2D eigenvalue weighted by Crippen LogP contribution is -2.22. The topological polar surface area (TPSA) is 80.5 Å². The van der Waals surface area contributed by atoms with Crippen LogP contribution in [-0.4, -0.2) is 28.6 Å². The van der Waals surface area contributed by atoms with Gasteiger partial charge in [0.05, 0.1) is 30.2 Å². The van der Waals surface area contributed by atoms with Crippen LogP contribution < -0.4 is 10.8 Å². The number of rotatable bonds is 3. The Kier molecular flexibility index (Phi) is 4.54. The fourth-order valence-corrected chi connectivity index (χ4v) is 2.97. The third-order valence-electron chi connectivity index (χ3n) is 4.05. The van der Waals surface area contributed by atoms with E-state index in [2.05, 4.69) is 25.7 Å². The number of hydroxylamine groups is 1. The largest absolute Gasteiger partial charge is 0.338 e. The molecule has 7 nitrogen and oxygen atoms in total. The predicted octanol–water partition coefficient (Wildman–Crippen LogP) is 3.60. The van der Waals surface area contributed by atoms with Gasteiger partial charge in [-0.1, -0.05) is 17.7 Å². The van der Waals surface area contributed by atoms with Gasteiger partial charge < -0.3 is 5.32 Å². The summed E-state index contributed by atoms with van der Waals surface area (Å²) >= 11 is 6.18. The highest BCUT2D eigenvalue weighted by molar-refractivity contribution is 6.33. The molecule has 1 aliphatic rings. The van der Waals surface area contributed by atoms with Crippen LogP contribution in [0.4, 0.5) is 20.3 Å². The monoisotopic (exact) mass is 403 g/mol. The number of hydrogen-bond donors (Lipinski definition) is 2. The first kappa shape index (κ1) is 18.1. The normalized spacial score (nSPS) is 12.4. The van der Waals surface area contributed by atoms with Crippen LogP contribution in [0, 0.1) is 11.6 Å². The summed E-state index contributed by atoms with van der Waals surface area (Å²) in [7, 11) is 1.32. The molecule has 1 aliphatic heterocycles. The second-order valence-electron chi connectivity index (χ2n) is 5.78. The highest BCUT2D eigenvalue weighted by Gasteiger charge is 2.24. The highest BCUT2D eigenvalue weighted by Crippen LogP contribution is 2.35. The molecule has 0 aliphatic carbocycles. The molecule has 0 bridgehead atoms. The zero-order chi connectivity index (χ0) is 19.8. The average Bonchev–Trinajstić information content (AvgIpc) is 2.93. The van der Waals surface area contributed by atoms with Crippen LogP contribution in [0.1, 0.15) is 15.9 Å². The Hall–Kier alpha value is -3.30. The zero-order valence-electron chi connectivity index (χ0n) is 14.3. The Bertz CT molecular complexity index is 1110. The van der Waals surface area contributed by atoms with Gasteiger partial charge in [-0.25, -0.2) is 23.9 Å². The third-order valence-corrected chi connectivity index (χ3v) is 4.32. The molecule has 1 aromatic heterocycles. The van der Waals surface area contributed by atoms with Gasteiger partial charge in [0.2, 0.25) is 0 Å². The highest BCUT2D eigenvalue weighted by atomic mass is 35.5. The first-order chi connectivity index (χ1) is 13.5. The molecular weight excluding hydrogens is 392 g/mol. The molecule has 10 heteroatoms. The SMILES string of the molecule is CONC(=O)c1ccc2c(c1)-n1ncc(Cl)c1N=C(c1c(F)cccc1F)N2. The number of nitrogens with one attached hydrogen (secondary N) is 2. The Morgan fingerprint density at radius 2 is 2.00 bits per heavy atom. The number of hydrogen-bond acceptors (Lipinski definition) is 5. The quantitative estimate of drug-likeness (QED) is 0.655. The maximum Gasteiger partial charge on any atom is 0.274 e. The molecule has 0 fully saturated rings. The molecule has 0 radical (unpaired) electrons. The van der Waals surface area contributed by atoms with E-state index in [1.165, 1.54) is 36.2 Å². The zero-order valence-corrected chi connectivity index (χ0v) is 15.1. The van der Waals surface area contributed by atoms with E-state index in [1.54, 1.807) is 6.07 Å². The molecule has 142 valence electrons. The average molecular weight is 404 g/mol. The summed E-state index contributed by atoms with van der Waals surface area (Å²) < 4.78 is 30.0. The van der Waals surface area contributed by atoms with Crippen molar-refractivity contribution in [2.75, 3.05) is 12.4 Å². The standard InChI is InChI=1S/C18H12ClF2N5O2/c1-28-25-18(27)9-5-6-13-14(7-9)26-17(10(19)8-22-26)24-16(23-13)15-11(20)3-2-4-12(15)21/h2-8H,1H3,(H,23,24)(H,25,27). The van der Waals surface area contributed by atoms with Crippen molar-refractivity contribution in [1.82, 2.24) is 15.3 Å². The van der Waals surface area contributed by atoms with Crippen molar-refractivity contribution in [3.05, 3.63) is 70.4 Å². The van der Waals surface area contributed by atoms with Gasteiger partial charge in [0.15, 0.2) is 5.82 Å². The predicted molar refractivity (Wildman–Crippen MR) is 99.2 cm³/mol. The second kappa shape index (κ2) is 7.02. The van der Waals surface area contributed by atoms with Crippen molar-refractivity contribution in [2.45, 2.75) is 0 Å². The Morgan fingerprint density at radius 1 is 1.25 bits per heavy atom. The van der Waals surface area contributed by atoms with E-state index in [4.69, 9.17) is 11.6 Å². The molecular formula is C18H12ClF2N5O2. The summed E-state index contributed by atoms with van der Waals surface area (Å²) in [5, 5.41) is 7.24. The minimum absolute atomic E-state index is 0.0768. The number of aliphatic imine (C=N–C) groups is 1. The number of nitrogens with zero attached hydrogens (tertiary/aromatic N) is 3. The molecule has 2 heterocycles. The van der Waals surface area contributed by atoms with Crippen molar-refractivity contribution >= 4 is 34.8 Å². The molecule has 0 atom stereocenters. The molecule has 28 heavy (non-hydrogen) atoms. The van der Waals surface area contributed by atoms with Crippen LogP contribution in [0.5, 0.6) is 0 Å². The van der Waals surface area contributed by atoms with E-state index >= 15 is 0 Å². The van der Waals surface area contributed by atoms with E-state index in [1.807, 2.05) is 0 Å². The fourth-order valence-electron chi connectivity index (χ4n) is 2.81. The number of fused-ring (bicyclic) bond motifs is 3. The minimum atomic E-state index is -0.784. The number of amides is 1. The van der Waals surface area contributed by atoms with Crippen LogP contribution in [0.15, 0.2) is 47.6 Å². The number of benzene rings is 2. The van der Waals surface area contributed by atoms with Crippen molar-refractivity contribution in [2.24, 2.45) is 4.99 Å². The van der Waals surface area contributed by atoms with E-state index in [0.717, 1.165) is 12.1 Å². The summed E-state index contributed by atoms with van der Waals surface area (Å²) in [4.78, 5) is 21.0. The third kappa shape index (κ3) is 3.00. The summed E-state index contributed by atoms with van der Waals surface area (Å²) in [6.07, 6.45) is 1.35. The first-order valence-corrected chi connectivity index (χ1v) is 8.38. The van der Waals surface area contributed by atoms with Gasteiger partial charge in [0, 0.05) is 5.56 Å². The van der Waals surface area contributed by atoms with Crippen molar-refractivity contribution < 1.29 is 18.4 Å². The summed E-state index contributed by atoms with van der Waals surface area (Å²) in [6.45, 7) is 0. The number of anilines is 1. The molecule has 0 spiro atoms. The Morgan fingerprint density at radius 3 is 2.71 bits per heavy atom. The van der Waals surface area contributed by atoms with Crippen LogP contribution in [0.25, 0.3) is 5.69 Å². The molecule has 0 saturated heterocycles. The Labute approximate surface area is 162 Å². The molecule has 2 aromatic carbocycles. The van der Waals surface area contributed by atoms with Gasteiger partial charge in [-0.2, -0.15) is 5.10 Å². The van der Waals surface area contributed by atoms with Crippen LogP contribution in [0.2, 0.25) is 5.02 Å². The number of amidine groups is 1. The minimum Gasteiger partial charge on any atom is -0.338 e. The lowest BCUT2D eigenvalue weighted by molar-refractivity contribution is 0.0537. The van der Waals surface area contributed by atoms with Gasteiger partial charge in [0.25, 0.3) is 5.91 Å².